The topological polar surface area (TPSA) is 44.5 Å². The van der Waals surface area contributed by atoms with Crippen LogP contribution in [0.4, 0.5) is 0 Å². The summed E-state index contributed by atoms with van der Waals surface area (Å²) in [6, 6.07) is 6.53. The van der Waals surface area contributed by atoms with E-state index in [-0.39, 0.29) is 18.4 Å². The fourth-order valence-corrected chi connectivity index (χ4v) is 2.23. The highest BCUT2D eigenvalue weighted by Gasteiger charge is 2.21. The van der Waals surface area contributed by atoms with Gasteiger partial charge in [0, 0.05) is 12.6 Å². The lowest BCUT2D eigenvalue weighted by atomic mass is 10.0. The first-order valence-corrected chi connectivity index (χ1v) is 7.80. The maximum atomic E-state index is 6.08. The summed E-state index contributed by atoms with van der Waals surface area (Å²) in [4.78, 5) is 0. The molecule has 1 saturated carbocycles. The summed E-state index contributed by atoms with van der Waals surface area (Å²) in [6.07, 6.45) is 4.51. The third-order valence-corrected chi connectivity index (χ3v) is 3.75. The number of nitrogens with two attached hydrogens (primary N) is 1. The lowest BCUT2D eigenvalue weighted by molar-refractivity contribution is 0.111. The van der Waals surface area contributed by atoms with E-state index in [9.17, 15) is 0 Å². The zero-order valence-electron chi connectivity index (χ0n) is 13.1. The summed E-state index contributed by atoms with van der Waals surface area (Å²) in [5, 5.41) is 0. The Hall–Kier alpha value is -0.770. The average molecular weight is 314 g/mol. The summed E-state index contributed by atoms with van der Waals surface area (Å²) >= 11 is 0. The Morgan fingerprint density at radius 2 is 2.05 bits per heavy atom. The van der Waals surface area contributed by atoms with E-state index in [0.29, 0.717) is 13.2 Å². The van der Waals surface area contributed by atoms with Crippen LogP contribution in [-0.4, -0.2) is 19.3 Å². The van der Waals surface area contributed by atoms with Crippen LogP contribution in [-0.2, 0) is 17.8 Å². The van der Waals surface area contributed by atoms with Crippen molar-refractivity contribution in [1.29, 1.82) is 0 Å². The Balaban J connectivity index is 0.00000220. The largest absolute Gasteiger partial charge is 0.494 e. The van der Waals surface area contributed by atoms with E-state index in [0.717, 1.165) is 31.1 Å². The molecule has 1 aliphatic carbocycles. The molecule has 0 radical (unpaired) electrons. The van der Waals surface area contributed by atoms with E-state index >= 15 is 0 Å². The molecule has 21 heavy (non-hydrogen) atoms. The Morgan fingerprint density at radius 1 is 1.29 bits per heavy atom. The third kappa shape index (κ3) is 6.25. The predicted molar refractivity (Wildman–Crippen MR) is 89.2 cm³/mol. The van der Waals surface area contributed by atoms with Crippen LogP contribution in [0.3, 0.4) is 0 Å². The van der Waals surface area contributed by atoms with Gasteiger partial charge in [-0.05, 0) is 61.8 Å². The maximum absolute atomic E-state index is 6.08. The van der Waals surface area contributed by atoms with Crippen LogP contribution in [0.2, 0.25) is 0 Å². The molecule has 0 aliphatic heterocycles. The third-order valence-electron chi connectivity index (χ3n) is 3.75. The number of benzene rings is 1. The van der Waals surface area contributed by atoms with Crippen LogP contribution in [0.15, 0.2) is 18.2 Å². The van der Waals surface area contributed by atoms with E-state index in [1.807, 2.05) is 6.92 Å². The molecule has 1 aromatic carbocycles. The fraction of sp³-hybridized carbons (Fsp3) is 0.647. The van der Waals surface area contributed by atoms with E-state index in [1.165, 1.54) is 24.0 Å². The molecule has 0 aromatic heterocycles. The van der Waals surface area contributed by atoms with E-state index in [2.05, 4.69) is 25.1 Å². The van der Waals surface area contributed by atoms with Crippen LogP contribution in [0.25, 0.3) is 0 Å². The molecule has 2 rings (SSSR count). The summed E-state index contributed by atoms with van der Waals surface area (Å²) in [5.41, 5.74) is 8.50. The van der Waals surface area contributed by atoms with Crippen LogP contribution in [0, 0.1) is 5.92 Å². The molecule has 3 nitrogen and oxygen atoms in total. The number of halogens is 1. The highest BCUT2D eigenvalue weighted by Crippen LogP contribution is 2.29. The fourth-order valence-electron chi connectivity index (χ4n) is 2.23. The normalized spacial score (nSPS) is 15.4. The summed E-state index contributed by atoms with van der Waals surface area (Å²) < 4.78 is 11.5. The lowest BCUT2D eigenvalue weighted by Crippen LogP contribution is -2.22. The molecule has 1 unspecified atom stereocenters. The van der Waals surface area contributed by atoms with E-state index in [4.69, 9.17) is 15.2 Å². The molecular formula is C17H28ClNO2. The van der Waals surface area contributed by atoms with Gasteiger partial charge in [-0.1, -0.05) is 13.0 Å². The van der Waals surface area contributed by atoms with Crippen LogP contribution in [0.1, 0.15) is 44.2 Å². The second kappa shape index (κ2) is 9.29. The summed E-state index contributed by atoms with van der Waals surface area (Å²) in [7, 11) is 0. The van der Waals surface area contributed by atoms with Crippen molar-refractivity contribution in [3.8, 4) is 5.75 Å². The second-order valence-electron chi connectivity index (χ2n) is 5.71. The van der Waals surface area contributed by atoms with Crippen molar-refractivity contribution in [2.75, 3.05) is 13.2 Å². The first kappa shape index (κ1) is 18.3. The number of hydrogen-bond donors (Lipinski definition) is 1. The first-order valence-electron chi connectivity index (χ1n) is 7.80. The van der Waals surface area contributed by atoms with Crippen molar-refractivity contribution >= 4 is 12.4 Å². The van der Waals surface area contributed by atoms with Crippen LogP contribution >= 0.6 is 12.4 Å². The highest BCUT2D eigenvalue weighted by atomic mass is 35.5. The lowest BCUT2D eigenvalue weighted by Gasteiger charge is -2.15. The standard InChI is InChI=1S/C17H27NO2.ClH/c1-3-16(18)10-15-9-14(7-8-17(15)20-4-2)12-19-11-13-5-6-13;/h7-9,13,16H,3-6,10-12,18H2,1-2H3;1H. The van der Waals surface area contributed by atoms with Gasteiger partial charge in [-0.15, -0.1) is 12.4 Å². The van der Waals surface area contributed by atoms with E-state index in [1.54, 1.807) is 0 Å². The van der Waals surface area contributed by atoms with Gasteiger partial charge in [0.2, 0.25) is 0 Å². The van der Waals surface area contributed by atoms with Crippen LogP contribution < -0.4 is 10.5 Å². The minimum absolute atomic E-state index is 0. The molecular weight excluding hydrogens is 286 g/mol. The van der Waals surface area contributed by atoms with Crippen molar-refractivity contribution < 1.29 is 9.47 Å². The number of rotatable bonds is 9. The average Bonchev–Trinajstić information content (AvgIpc) is 3.26. The second-order valence-corrected chi connectivity index (χ2v) is 5.71. The molecule has 0 heterocycles. The minimum atomic E-state index is 0. The van der Waals surface area contributed by atoms with Gasteiger partial charge in [-0.2, -0.15) is 0 Å². The molecule has 1 fully saturated rings. The Morgan fingerprint density at radius 3 is 2.67 bits per heavy atom. The van der Waals surface area contributed by atoms with Crippen molar-refractivity contribution in [2.45, 2.75) is 52.2 Å². The molecule has 0 spiro atoms. The molecule has 2 N–H and O–H groups in total. The molecule has 0 bridgehead atoms. The predicted octanol–water partition coefficient (Wildman–Crippen LogP) is 3.71. The SMILES string of the molecule is CCOc1ccc(COCC2CC2)cc1CC(N)CC.Cl. The Labute approximate surface area is 134 Å². The van der Waals surface area contributed by atoms with Gasteiger partial charge in [0.05, 0.1) is 13.2 Å². The molecule has 1 aromatic rings. The molecule has 0 saturated heterocycles. The molecule has 120 valence electrons. The Kier molecular flexibility index (Phi) is 8.09. The Bertz CT molecular complexity index is 421. The first-order chi connectivity index (χ1) is 9.72. The maximum Gasteiger partial charge on any atom is 0.122 e. The van der Waals surface area contributed by atoms with Gasteiger partial charge in [0.15, 0.2) is 0 Å². The number of hydrogen-bond acceptors (Lipinski definition) is 3. The van der Waals surface area contributed by atoms with Crippen molar-refractivity contribution in [1.82, 2.24) is 0 Å². The van der Waals surface area contributed by atoms with Gasteiger partial charge in [-0.3, -0.25) is 0 Å². The molecule has 1 atom stereocenters. The molecule has 4 heteroatoms. The summed E-state index contributed by atoms with van der Waals surface area (Å²) in [6.45, 7) is 6.41. The van der Waals surface area contributed by atoms with Crippen molar-refractivity contribution in [2.24, 2.45) is 11.7 Å². The monoisotopic (exact) mass is 313 g/mol. The summed E-state index contributed by atoms with van der Waals surface area (Å²) in [5.74, 6) is 1.77. The minimum Gasteiger partial charge on any atom is -0.494 e. The van der Waals surface area contributed by atoms with E-state index < -0.39 is 0 Å². The van der Waals surface area contributed by atoms with Gasteiger partial charge >= 0.3 is 0 Å². The van der Waals surface area contributed by atoms with Gasteiger partial charge in [0.1, 0.15) is 5.75 Å². The molecule has 1 aliphatic rings. The van der Waals surface area contributed by atoms with Gasteiger partial charge in [-0.25, -0.2) is 0 Å². The number of ether oxygens (including phenoxy) is 2. The highest BCUT2D eigenvalue weighted by molar-refractivity contribution is 5.85. The molecule has 0 amide bonds. The zero-order valence-corrected chi connectivity index (χ0v) is 14.0. The van der Waals surface area contributed by atoms with Crippen molar-refractivity contribution in [3.05, 3.63) is 29.3 Å². The quantitative estimate of drug-likeness (QED) is 0.756. The van der Waals surface area contributed by atoms with Crippen molar-refractivity contribution in [3.63, 3.8) is 0 Å². The van der Waals surface area contributed by atoms with Gasteiger partial charge in [0.25, 0.3) is 0 Å². The van der Waals surface area contributed by atoms with Gasteiger partial charge < -0.3 is 15.2 Å². The van der Waals surface area contributed by atoms with Crippen LogP contribution in [0.5, 0.6) is 5.75 Å². The zero-order chi connectivity index (χ0) is 14.4. The smallest absolute Gasteiger partial charge is 0.122 e.